The summed E-state index contributed by atoms with van der Waals surface area (Å²) >= 11 is 1.53. The van der Waals surface area contributed by atoms with Crippen LogP contribution in [-0.4, -0.2) is 41.3 Å². The lowest BCUT2D eigenvalue weighted by Gasteiger charge is -2.30. The van der Waals surface area contributed by atoms with E-state index in [-0.39, 0.29) is 17.7 Å². The monoisotopic (exact) mass is 414 g/mol. The summed E-state index contributed by atoms with van der Waals surface area (Å²) in [7, 11) is 0. The second-order valence-electron chi connectivity index (χ2n) is 7.61. The molecule has 1 aliphatic heterocycles. The van der Waals surface area contributed by atoms with Crippen LogP contribution in [0, 0.1) is 12.8 Å². The van der Waals surface area contributed by atoms with Crippen LogP contribution >= 0.6 is 11.3 Å². The molecule has 1 fully saturated rings. The Balaban J connectivity index is 1.44. The van der Waals surface area contributed by atoms with Gasteiger partial charge in [-0.3, -0.25) is 14.5 Å². The number of anilines is 1. The van der Waals surface area contributed by atoms with E-state index in [1.165, 1.54) is 11.3 Å². The first-order valence-electron chi connectivity index (χ1n) is 10.3. The van der Waals surface area contributed by atoms with Crippen LogP contribution < -0.4 is 10.6 Å². The Morgan fingerprint density at radius 1 is 1.24 bits per heavy atom. The van der Waals surface area contributed by atoms with Crippen LogP contribution in [0.4, 0.5) is 5.69 Å². The number of carbonyl (C=O) groups is 2. The fraction of sp³-hybridized carbons (Fsp3) is 0.500. The number of aryl methyl sites for hydroxylation is 1. The number of benzene rings is 1. The summed E-state index contributed by atoms with van der Waals surface area (Å²) < 4.78 is 0. The molecule has 2 heterocycles. The normalized spacial score (nSPS) is 15.2. The number of hydrogen-bond donors (Lipinski definition) is 2. The Hall–Kier alpha value is -2.25. The van der Waals surface area contributed by atoms with Crippen molar-refractivity contribution in [1.82, 2.24) is 15.2 Å². The first kappa shape index (κ1) is 21.5. The Bertz CT molecular complexity index is 828. The van der Waals surface area contributed by atoms with Gasteiger partial charge >= 0.3 is 0 Å². The number of thiazole rings is 1. The van der Waals surface area contributed by atoms with Gasteiger partial charge in [0.2, 0.25) is 11.8 Å². The number of nitrogens with one attached hydrogen (secondary N) is 2. The highest BCUT2D eigenvalue weighted by molar-refractivity contribution is 7.09. The van der Waals surface area contributed by atoms with Crippen LogP contribution in [0.15, 0.2) is 29.6 Å². The largest absolute Gasteiger partial charge is 0.356 e. The molecule has 7 heteroatoms. The molecule has 2 amide bonds. The molecule has 0 saturated carbocycles. The minimum atomic E-state index is -0.0425. The maximum Gasteiger partial charge on any atom is 0.231 e. The summed E-state index contributed by atoms with van der Waals surface area (Å²) in [5.74, 6) is 0.287. The van der Waals surface area contributed by atoms with E-state index in [0.29, 0.717) is 6.42 Å². The topological polar surface area (TPSA) is 74.3 Å². The lowest BCUT2D eigenvalue weighted by molar-refractivity contribution is -0.126. The third kappa shape index (κ3) is 6.37. The van der Waals surface area contributed by atoms with Crippen molar-refractivity contribution in [2.75, 3.05) is 25.0 Å². The zero-order valence-electron chi connectivity index (χ0n) is 17.2. The lowest BCUT2D eigenvalue weighted by atomic mass is 9.96. The summed E-state index contributed by atoms with van der Waals surface area (Å²) in [4.78, 5) is 31.4. The molecule has 2 aromatic rings. The smallest absolute Gasteiger partial charge is 0.231 e. The number of piperidine rings is 1. The first-order valence-corrected chi connectivity index (χ1v) is 11.2. The van der Waals surface area contributed by atoms with Crippen LogP contribution in [0.5, 0.6) is 0 Å². The van der Waals surface area contributed by atoms with Crippen LogP contribution in [-0.2, 0) is 22.6 Å². The summed E-state index contributed by atoms with van der Waals surface area (Å²) in [6, 6.07) is 7.76. The number of aromatic nitrogens is 1. The molecule has 1 aromatic carbocycles. The standard InChI is InChI=1S/C22H30N4O2S/c1-3-10-23-22(28)17-8-11-26(12-9-17)14-18-15-29-21(24-18)13-20(27)25-19-7-5-4-6-16(19)2/h4-7,15,17H,3,8-14H2,1-2H3,(H,23,28)(H,25,27). The predicted molar refractivity (Wildman–Crippen MR) is 117 cm³/mol. The van der Waals surface area contributed by atoms with Crippen LogP contribution in [0.3, 0.4) is 0 Å². The quantitative estimate of drug-likeness (QED) is 0.695. The Labute approximate surface area is 176 Å². The van der Waals surface area contributed by atoms with Gasteiger partial charge in [0.05, 0.1) is 12.1 Å². The molecular weight excluding hydrogens is 384 g/mol. The van der Waals surface area contributed by atoms with E-state index in [1.54, 1.807) is 0 Å². The van der Waals surface area contributed by atoms with E-state index in [0.717, 1.165) is 67.4 Å². The number of hydrogen-bond acceptors (Lipinski definition) is 5. The van der Waals surface area contributed by atoms with Crippen LogP contribution in [0.25, 0.3) is 0 Å². The molecule has 156 valence electrons. The maximum absolute atomic E-state index is 12.3. The minimum Gasteiger partial charge on any atom is -0.356 e. The van der Waals surface area contributed by atoms with E-state index in [1.807, 2.05) is 36.6 Å². The van der Waals surface area contributed by atoms with Gasteiger partial charge in [0.1, 0.15) is 5.01 Å². The minimum absolute atomic E-state index is 0.0425. The van der Waals surface area contributed by atoms with Gasteiger partial charge in [0.25, 0.3) is 0 Å². The molecule has 0 aliphatic carbocycles. The molecule has 1 aromatic heterocycles. The van der Waals surface area contributed by atoms with Crippen molar-refractivity contribution in [3.8, 4) is 0 Å². The highest BCUT2D eigenvalue weighted by atomic mass is 32.1. The van der Waals surface area contributed by atoms with Gasteiger partial charge in [-0.05, 0) is 50.9 Å². The van der Waals surface area contributed by atoms with Crippen molar-refractivity contribution in [3.05, 3.63) is 45.9 Å². The lowest BCUT2D eigenvalue weighted by Crippen LogP contribution is -2.40. The zero-order chi connectivity index (χ0) is 20.6. The van der Waals surface area contributed by atoms with Gasteiger partial charge in [-0.2, -0.15) is 0 Å². The van der Waals surface area contributed by atoms with Crippen molar-refractivity contribution in [2.24, 2.45) is 5.92 Å². The van der Waals surface area contributed by atoms with Crippen molar-refractivity contribution in [1.29, 1.82) is 0 Å². The molecule has 1 aliphatic rings. The molecule has 29 heavy (non-hydrogen) atoms. The molecule has 0 spiro atoms. The molecular formula is C22H30N4O2S. The van der Waals surface area contributed by atoms with E-state index in [4.69, 9.17) is 0 Å². The Morgan fingerprint density at radius 2 is 2.00 bits per heavy atom. The number of likely N-dealkylation sites (tertiary alicyclic amines) is 1. The molecule has 0 atom stereocenters. The fourth-order valence-electron chi connectivity index (χ4n) is 3.52. The zero-order valence-corrected chi connectivity index (χ0v) is 18.1. The van der Waals surface area contributed by atoms with Gasteiger partial charge < -0.3 is 10.6 Å². The summed E-state index contributed by atoms with van der Waals surface area (Å²) in [6.07, 6.45) is 3.05. The number of amides is 2. The second kappa shape index (κ2) is 10.5. The van der Waals surface area contributed by atoms with Crippen molar-refractivity contribution >= 4 is 28.8 Å². The number of carbonyl (C=O) groups excluding carboxylic acids is 2. The molecule has 6 nitrogen and oxygen atoms in total. The SMILES string of the molecule is CCCNC(=O)C1CCN(Cc2csc(CC(=O)Nc3ccccc3C)n2)CC1. The van der Waals surface area contributed by atoms with Gasteiger partial charge in [0.15, 0.2) is 0 Å². The highest BCUT2D eigenvalue weighted by Gasteiger charge is 2.25. The number of para-hydroxylation sites is 1. The van der Waals surface area contributed by atoms with Crippen molar-refractivity contribution in [3.63, 3.8) is 0 Å². The molecule has 0 unspecified atom stereocenters. The molecule has 2 N–H and O–H groups in total. The van der Waals surface area contributed by atoms with Crippen molar-refractivity contribution in [2.45, 2.75) is 46.1 Å². The van der Waals surface area contributed by atoms with Crippen molar-refractivity contribution < 1.29 is 9.59 Å². The summed E-state index contributed by atoms with van der Waals surface area (Å²) in [5.41, 5.74) is 2.90. The third-order valence-electron chi connectivity index (χ3n) is 5.22. The van der Waals surface area contributed by atoms with E-state index in [2.05, 4.69) is 27.4 Å². The van der Waals surface area contributed by atoms with E-state index in [9.17, 15) is 9.59 Å². The highest BCUT2D eigenvalue weighted by Crippen LogP contribution is 2.21. The molecule has 0 radical (unpaired) electrons. The van der Waals surface area contributed by atoms with E-state index < -0.39 is 0 Å². The third-order valence-corrected chi connectivity index (χ3v) is 6.12. The van der Waals surface area contributed by atoms with Gasteiger partial charge in [-0.25, -0.2) is 4.98 Å². The average molecular weight is 415 g/mol. The fourth-order valence-corrected chi connectivity index (χ4v) is 4.31. The van der Waals surface area contributed by atoms with Crippen LogP contribution in [0.1, 0.15) is 42.5 Å². The summed E-state index contributed by atoms with van der Waals surface area (Å²) in [5, 5.41) is 8.83. The second-order valence-corrected chi connectivity index (χ2v) is 8.56. The molecule has 0 bridgehead atoms. The van der Waals surface area contributed by atoms with Gasteiger partial charge in [0, 0.05) is 30.1 Å². The Morgan fingerprint density at radius 3 is 2.72 bits per heavy atom. The Kier molecular flexibility index (Phi) is 7.77. The van der Waals surface area contributed by atoms with Gasteiger partial charge in [-0.15, -0.1) is 11.3 Å². The number of nitrogens with zero attached hydrogens (tertiary/aromatic N) is 2. The summed E-state index contributed by atoms with van der Waals surface area (Å²) in [6.45, 7) is 7.40. The van der Waals surface area contributed by atoms with Crippen LogP contribution in [0.2, 0.25) is 0 Å². The van der Waals surface area contributed by atoms with Gasteiger partial charge in [-0.1, -0.05) is 25.1 Å². The maximum atomic E-state index is 12.3. The first-order chi connectivity index (χ1) is 14.0. The van der Waals surface area contributed by atoms with E-state index >= 15 is 0 Å². The molecule has 3 rings (SSSR count). The predicted octanol–water partition coefficient (Wildman–Crippen LogP) is 3.37. The molecule has 1 saturated heterocycles. The average Bonchev–Trinajstić information content (AvgIpc) is 3.15. The number of rotatable bonds is 8.